The molecule has 0 unspecified atom stereocenters. The first-order valence-electron chi connectivity index (χ1n) is 4.00. The summed E-state index contributed by atoms with van der Waals surface area (Å²) in [6.07, 6.45) is 0. The molecule has 12 heavy (non-hydrogen) atoms. The normalized spacial score (nSPS) is 32.8. The van der Waals surface area contributed by atoms with Gasteiger partial charge in [0.05, 0.1) is 25.4 Å². The van der Waals surface area contributed by atoms with Crippen LogP contribution in [0.2, 0.25) is 0 Å². The Morgan fingerprint density at radius 1 is 1.67 bits per heavy atom. The molecule has 2 aliphatic rings. The molecule has 5 nitrogen and oxygen atoms in total. The van der Waals surface area contributed by atoms with E-state index in [0.29, 0.717) is 19.8 Å². The molecule has 0 aromatic heterocycles. The molecule has 2 rings (SSSR count). The molecule has 0 saturated carbocycles. The van der Waals surface area contributed by atoms with Gasteiger partial charge < -0.3 is 15.2 Å². The predicted molar refractivity (Wildman–Crippen MR) is 40.6 cm³/mol. The lowest BCUT2D eigenvalue weighted by Crippen LogP contribution is -2.74. The van der Waals surface area contributed by atoms with E-state index >= 15 is 0 Å². The van der Waals surface area contributed by atoms with Gasteiger partial charge in [0, 0.05) is 6.54 Å². The highest BCUT2D eigenvalue weighted by Crippen LogP contribution is 2.19. The van der Waals surface area contributed by atoms with Crippen molar-refractivity contribution in [3.8, 4) is 0 Å². The maximum absolute atomic E-state index is 11.1. The van der Waals surface area contributed by atoms with E-state index in [1.54, 1.807) is 0 Å². The molecule has 1 amide bonds. The Hall–Kier alpha value is -0.650. The lowest BCUT2D eigenvalue weighted by molar-refractivity contribution is -0.137. The minimum Gasteiger partial charge on any atom is -0.394 e. The van der Waals surface area contributed by atoms with Gasteiger partial charge in [0.15, 0.2) is 0 Å². The quantitative estimate of drug-likeness (QED) is 0.421. The maximum atomic E-state index is 11.1. The molecule has 2 aliphatic heterocycles. The van der Waals surface area contributed by atoms with Crippen molar-refractivity contribution in [3.63, 3.8) is 0 Å². The molecule has 1 atom stereocenters. The number of hydrogen-bond acceptors (Lipinski definition) is 4. The molecule has 0 aliphatic carbocycles. The summed E-state index contributed by atoms with van der Waals surface area (Å²) < 4.78 is 5.05. The second-order valence-electron chi connectivity index (χ2n) is 3.37. The Balaban J connectivity index is 2.01. The van der Waals surface area contributed by atoms with Crippen molar-refractivity contribution in [2.24, 2.45) is 0 Å². The van der Waals surface area contributed by atoms with Crippen molar-refractivity contribution in [2.45, 2.75) is 11.6 Å². The zero-order valence-corrected chi connectivity index (χ0v) is 6.67. The van der Waals surface area contributed by atoms with Crippen molar-refractivity contribution < 1.29 is 14.6 Å². The molecule has 5 heteroatoms. The van der Waals surface area contributed by atoms with Crippen LogP contribution in [0.25, 0.3) is 0 Å². The molecule has 2 heterocycles. The van der Waals surface area contributed by atoms with E-state index < -0.39 is 6.04 Å². The summed E-state index contributed by atoms with van der Waals surface area (Å²) in [7, 11) is 0. The number of aliphatic hydroxyl groups excluding tert-OH is 1. The molecule has 1 spiro atoms. The van der Waals surface area contributed by atoms with Gasteiger partial charge in [-0.3, -0.25) is 10.1 Å². The Labute approximate surface area is 70.1 Å². The van der Waals surface area contributed by atoms with Crippen LogP contribution in [0.1, 0.15) is 0 Å². The van der Waals surface area contributed by atoms with E-state index in [9.17, 15) is 4.79 Å². The average molecular weight is 172 g/mol. The van der Waals surface area contributed by atoms with Crippen LogP contribution in [0, 0.1) is 0 Å². The molecule has 0 radical (unpaired) electrons. The first-order valence-corrected chi connectivity index (χ1v) is 4.00. The smallest absolute Gasteiger partial charge is 0.239 e. The van der Waals surface area contributed by atoms with Gasteiger partial charge in [0.1, 0.15) is 6.04 Å². The number of carbonyl (C=O) groups excluding carboxylic acids is 1. The zero-order valence-electron chi connectivity index (χ0n) is 6.67. The first-order chi connectivity index (χ1) is 5.76. The van der Waals surface area contributed by atoms with Gasteiger partial charge in [0.2, 0.25) is 5.91 Å². The number of amides is 1. The SMILES string of the molecule is O=C1NCC2(COC2)N[C@H]1CO. The third-order valence-electron chi connectivity index (χ3n) is 2.34. The largest absolute Gasteiger partial charge is 0.394 e. The van der Waals surface area contributed by atoms with Crippen molar-refractivity contribution in [1.82, 2.24) is 10.6 Å². The molecule has 0 bridgehead atoms. The number of hydrogen-bond donors (Lipinski definition) is 3. The molecule has 2 fully saturated rings. The van der Waals surface area contributed by atoms with Crippen molar-refractivity contribution in [3.05, 3.63) is 0 Å². The summed E-state index contributed by atoms with van der Waals surface area (Å²) in [5, 5.41) is 14.7. The minimum absolute atomic E-state index is 0.110. The number of nitrogens with one attached hydrogen (secondary N) is 2. The number of piperazine rings is 1. The Morgan fingerprint density at radius 3 is 2.92 bits per heavy atom. The predicted octanol–water partition coefficient (Wildman–Crippen LogP) is -2.16. The van der Waals surface area contributed by atoms with Gasteiger partial charge in [-0.05, 0) is 0 Å². The van der Waals surface area contributed by atoms with E-state index in [1.165, 1.54) is 0 Å². The molecule has 68 valence electrons. The fourth-order valence-corrected chi connectivity index (χ4v) is 1.53. The highest BCUT2D eigenvalue weighted by Gasteiger charge is 2.44. The van der Waals surface area contributed by atoms with E-state index in [2.05, 4.69) is 10.6 Å². The van der Waals surface area contributed by atoms with Gasteiger partial charge in [-0.25, -0.2) is 0 Å². The summed E-state index contributed by atoms with van der Waals surface area (Å²) in [4.78, 5) is 11.1. The van der Waals surface area contributed by atoms with Gasteiger partial charge in [0.25, 0.3) is 0 Å². The third kappa shape index (κ3) is 1.10. The minimum atomic E-state index is -0.470. The lowest BCUT2D eigenvalue weighted by Gasteiger charge is -2.47. The molecule has 0 aromatic carbocycles. The van der Waals surface area contributed by atoms with Crippen LogP contribution < -0.4 is 10.6 Å². The van der Waals surface area contributed by atoms with Crippen LogP contribution in [-0.2, 0) is 9.53 Å². The number of rotatable bonds is 1. The van der Waals surface area contributed by atoms with Gasteiger partial charge in [-0.1, -0.05) is 0 Å². The van der Waals surface area contributed by atoms with Crippen molar-refractivity contribution >= 4 is 5.91 Å². The molecular formula is C7H12N2O3. The third-order valence-corrected chi connectivity index (χ3v) is 2.34. The Morgan fingerprint density at radius 2 is 2.42 bits per heavy atom. The molecule has 3 N–H and O–H groups in total. The zero-order chi connectivity index (χ0) is 8.60. The summed E-state index contributed by atoms with van der Waals surface area (Å²) in [5.74, 6) is -0.130. The summed E-state index contributed by atoms with van der Waals surface area (Å²) >= 11 is 0. The van der Waals surface area contributed by atoms with Crippen molar-refractivity contribution in [2.75, 3.05) is 26.4 Å². The molecule has 0 aromatic rings. The van der Waals surface area contributed by atoms with Gasteiger partial charge in [-0.15, -0.1) is 0 Å². The van der Waals surface area contributed by atoms with Gasteiger partial charge >= 0.3 is 0 Å². The van der Waals surface area contributed by atoms with Crippen LogP contribution in [0.4, 0.5) is 0 Å². The highest BCUT2D eigenvalue weighted by molar-refractivity contribution is 5.83. The second kappa shape index (κ2) is 2.69. The van der Waals surface area contributed by atoms with Crippen LogP contribution in [0.15, 0.2) is 0 Å². The summed E-state index contributed by atoms with van der Waals surface area (Å²) in [6.45, 7) is 1.67. The average Bonchev–Trinajstić information content (AvgIpc) is 2.03. The topological polar surface area (TPSA) is 70.6 Å². The van der Waals surface area contributed by atoms with Crippen molar-refractivity contribution in [1.29, 1.82) is 0 Å². The maximum Gasteiger partial charge on any atom is 0.239 e. The number of aliphatic hydroxyl groups is 1. The van der Waals surface area contributed by atoms with Crippen LogP contribution in [0.5, 0.6) is 0 Å². The Bertz CT molecular complexity index is 203. The van der Waals surface area contributed by atoms with Crippen LogP contribution in [0.3, 0.4) is 0 Å². The fraction of sp³-hybridized carbons (Fsp3) is 0.857. The van der Waals surface area contributed by atoms with E-state index in [-0.39, 0.29) is 18.1 Å². The second-order valence-corrected chi connectivity index (χ2v) is 3.37. The van der Waals surface area contributed by atoms with Gasteiger partial charge in [-0.2, -0.15) is 0 Å². The van der Waals surface area contributed by atoms with E-state index in [4.69, 9.17) is 9.84 Å². The fourth-order valence-electron chi connectivity index (χ4n) is 1.53. The molecule has 2 saturated heterocycles. The Kier molecular flexibility index (Phi) is 1.79. The lowest BCUT2D eigenvalue weighted by atomic mass is 9.93. The number of ether oxygens (including phenoxy) is 1. The van der Waals surface area contributed by atoms with E-state index in [1.807, 2.05) is 0 Å². The molecular weight excluding hydrogens is 160 g/mol. The summed E-state index contributed by atoms with van der Waals surface area (Å²) in [6, 6.07) is -0.470. The monoisotopic (exact) mass is 172 g/mol. The standard InChI is InChI=1S/C7H12N2O3/c10-1-5-6(11)8-2-7(9-5)3-12-4-7/h5,9-10H,1-4H2,(H,8,11)/t5-/m0/s1. The van der Waals surface area contributed by atoms with Crippen LogP contribution in [-0.4, -0.2) is 49.0 Å². The first kappa shape index (κ1) is 7.97. The van der Waals surface area contributed by atoms with Crippen LogP contribution >= 0.6 is 0 Å². The number of carbonyl (C=O) groups is 1. The van der Waals surface area contributed by atoms with E-state index in [0.717, 1.165) is 0 Å². The summed E-state index contributed by atoms with van der Waals surface area (Å²) in [5.41, 5.74) is -0.110. The highest BCUT2D eigenvalue weighted by atomic mass is 16.5.